The van der Waals surface area contributed by atoms with Crippen LogP contribution < -0.4 is 10.1 Å². The third-order valence-corrected chi connectivity index (χ3v) is 6.05. The molecule has 0 spiro atoms. The van der Waals surface area contributed by atoms with Crippen LogP contribution in [-0.2, 0) is 14.6 Å². The van der Waals surface area contributed by atoms with E-state index >= 15 is 0 Å². The molecule has 1 N–H and O–H groups in total. The highest BCUT2D eigenvalue weighted by Gasteiger charge is 2.41. The quantitative estimate of drug-likeness (QED) is 0.903. The lowest BCUT2D eigenvalue weighted by molar-refractivity contribution is -0.133. The molecule has 6 heteroatoms. The first-order chi connectivity index (χ1) is 10.2. The molecule has 1 heterocycles. The van der Waals surface area contributed by atoms with Crippen molar-refractivity contribution in [3.05, 3.63) is 18.2 Å². The highest BCUT2D eigenvalue weighted by atomic mass is 32.2. The van der Waals surface area contributed by atoms with Gasteiger partial charge in [-0.05, 0) is 37.0 Å². The molecule has 2 rings (SSSR count). The molecule has 0 bridgehead atoms. The number of sulfone groups is 1. The normalized spacial score (nSPS) is 16.9. The van der Waals surface area contributed by atoms with Crippen LogP contribution in [0.4, 0.5) is 5.69 Å². The van der Waals surface area contributed by atoms with E-state index in [1.807, 2.05) is 27.7 Å². The third kappa shape index (κ3) is 2.97. The van der Waals surface area contributed by atoms with Crippen molar-refractivity contribution in [2.24, 2.45) is 5.92 Å². The molecule has 1 aromatic rings. The molecule has 5 nitrogen and oxygen atoms in total. The number of fused-ring (bicyclic) bond motifs is 1. The summed E-state index contributed by atoms with van der Waals surface area (Å²) in [5, 5.41) is 2.79. The number of anilines is 1. The summed E-state index contributed by atoms with van der Waals surface area (Å²) in [4.78, 5) is 12.5. The predicted octanol–water partition coefficient (Wildman–Crippen LogP) is 3.01. The van der Waals surface area contributed by atoms with Gasteiger partial charge in [0.25, 0.3) is 5.91 Å². The Kier molecular flexibility index (Phi) is 4.52. The van der Waals surface area contributed by atoms with Gasteiger partial charge in [0.2, 0.25) is 0 Å². The van der Waals surface area contributed by atoms with E-state index in [9.17, 15) is 13.2 Å². The first-order valence-electron chi connectivity index (χ1n) is 7.61. The number of nitrogens with one attached hydrogen (secondary N) is 1. The van der Waals surface area contributed by atoms with E-state index in [4.69, 9.17) is 4.74 Å². The molecular weight excluding hydrogens is 302 g/mol. The molecule has 1 aliphatic rings. The standard InChI is InChI=1S/C16H23NO4S/c1-5-16(6-2)15(18)17-13-9-12(7-8-14(13)21-16)22(19,20)10-11(3)4/h7-9,11H,5-6,10H2,1-4H3,(H,17,18). The van der Waals surface area contributed by atoms with Crippen LogP contribution in [0.3, 0.4) is 0 Å². The Morgan fingerprint density at radius 3 is 2.41 bits per heavy atom. The number of amides is 1. The fourth-order valence-electron chi connectivity index (χ4n) is 2.63. The average Bonchev–Trinajstić information content (AvgIpc) is 2.44. The Morgan fingerprint density at radius 2 is 1.86 bits per heavy atom. The van der Waals surface area contributed by atoms with Gasteiger partial charge in [0.05, 0.1) is 16.3 Å². The lowest BCUT2D eigenvalue weighted by Gasteiger charge is -2.36. The number of benzene rings is 1. The Labute approximate surface area is 132 Å². The number of carbonyl (C=O) groups is 1. The lowest BCUT2D eigenvalue weighted by Crippen LogP contribution is -2.49. The van der Waals surface area contributed by atoms with E-state index in [1.54, 1.807) is 12.1 Å². The van der Waals surface area contributed by atoms with E-state index in [0.717, 1.165) is 0 Å². The smallest absolute Gasteiger partial charge is 0.268 e. The highest BCUT2D eigenvalue weighted by Crippen LogP contribution is 2.38. The molecule has 0 radical (unpaired) electrons. The van der Waals surface area contributed by atoms with Gasteiger partial charge in [-0.3, -0.25) is 4.79 Å². The topological polar surface area (TPSA) is 72.5 Å². The molecule has 22 heavy (non-hydrogen) atoms. The van der Waals surface area contributed by atoms with Gasteiger partial charge in [-0.25, -0.2) is 8.42 Å². The van der Waals surface area contributed by atoms with Crippen LogP contribution in [-0.4, -0.2) is 25.7 Å². The van der Waals surface area contributed by atoms with Crippen LogP contribution in [0, 0.1) is 5.92 Å². The molecule has 0 unspecified atom stereocenters. The second-order valence-electron chi connectivity index (χ2n) is 6.09. The van der Waals surface area contributed by atoms with Crippen LogP contribution in [0.1, 0.15) is 40.5 Å². The van der Waals surface area contributed by atoms with Crippen LogP contribution in [0.2, 0.25) is 0 Å². The maximum absolute atomic E-state index is 12.3. The Balaban J connectivity index is 2.39. The van der Waals surface area contributed by atoms with Crippen LogP contribution in [0.15, 0.2) is 23.1 Å². The Morgan fingerprint density at radius 1 is 1.23 bits per heavy atom. The summed E-state index contributed by atoms with van der Waals surface area (Å²) in [7, 11) is -3.36. The second kappa shape index (κ2) is 5.91. The van der Waals surface area contributed by atoms with Crippen molar-refractivity contribution >= 4 is 21.4 Å². The van der Waals surface area contributed by atoms with E-state index in [0.29, 0.717) is 24.3 Å². The van der Waals surface area contributed by atoms with Gasteiger partial charge in [0.15, 0.2) is 15.4 Å². The van der Waals surface area contributed by atoms with Crippen molar-refractivity contribution in [2.75, 3.05) is 11.1 Å². The molecule has 0 saturated carbocycles. The molecule has 122 valence electrons. The largest absolute Gasteiger partial charge is 0.475 e. The van der Waals surface area contributed by atoms with Crippen molar-refractivity contribution in [1.82, 2.24) is 0 Å². The van der Waals surface area contributed by atoms with Gasteiger partial charge in [-0.1, -0.05) is 27.7 Å². The van der Waals surface area contributed by atoms with E-state index in [1.165, 1.54) is 6.07 Å². The number of ether oxygens (including phenoxy) is 1. The van der Waals surface area contributed by atoms with Gasteiger partial charge >= 0.3 is 0 Å². The Hall–Kier alpha value is -1.56. The maximum Gasteiger partial charge on any atom is 0.268 e. The molecule has 0 saturated heterocycles. The zero-order valence-corrected chi connectivity index (χ0v) is 14.3. The summed E-state index contributed by atoms with van der Waals surface area (Å²) >= 11 is 0. The monoisotopic (exact) mass is 325 g/mol. The van der Waals surface area contributed by atoms with Gasteiger partial charge < -0.3 is 10.1 Å². The zero-order chi connectivity index (χ0) is 16.5. The molecular formula is C16H23NO4S. The number of hydrogen-bond donors (Lipinski definition) is 1. The molecule has 0 aliphatic carbocycles. The van der Waals surface area contributed by atoms with Crippen molar-refractivity contribution in [3.63, 3.8) is 0 Å². The SMILES string of the molecule is CCC1(CC)Oc2ccc(S(=O)(=O)CC(C)C)cc2NC1=O. The molecule has 1 amide bonds. The molecule has 0 fully saturated rings. The summed E-state index contributed by atoms with van der Waals surface area (Å²) in [6.45, 7) is 7.51. The summed E-state index contributed by atoms with van der Waals surface area (Å²) in [6.07, 6.45) is 1.12. The second-order valence-corrected chi connectivity index (χ2v) is 8.13. The van der Waals surface area contributed by atoms with Gasteiger partial charge in [-0.15, -0.1) is 0 Å². The van der Waals surface area contributed by atoms with Crippen LogP contribution >= 0.6 is 0 Å². The minimum atomic E-state index is -3.36. The lowest BCUT2D eigenvalue weighted by atomic mass is 9.94. The van der Waals surface area contributed by atoms with Crippen molar-refractivity contribution in [1.29, 1.82) is 0 Å². The molecule has 1 aromatic carbocycles. The fraction of sp³-hybridized carbons (Fsp3) is 0.562. The maximum atomic E-state index is 12.3. The average molecular weight is 325 g/mol. The number of hydrogen-bond acceptors (Lipinski definition) is 4. The minimum absolute atomic E-state index is 0.0414. The summed E-state index contributed by atoms with van der Waals surface area (Å²) in [6, 6.07) is 4.66. The number of rotatable bonds is 5. The summed E-state index contributed by atoms with van der Waals surface area (Å²) in [5.74, 6) is 0.420. The molecule has 1 aliphatic heterocycles. The first-order valence-corrected chi connectivity index (χ1v) is 9.26. The highest BCUT2D eigenvalue weighted by molar-refractivity contribution is 7.91. The molecule has 0 aromatic heterocycles. The van der Waals surface area contributed by atoms with E-state index < -0.39 is 15.4 Å². The van der Waals surface area contributed by atoms with Crippen molar-refractivity contribution in [2.45, 2.75) is 51.0 Å². The van der Waals surface area contributed by atoms with Gasteiger partial charge in [-0.2, -0.15) is 0 Å². The van der Waals surface area contributed by atoms with Crippen LogP contribution in [0.25, 0.3) is 0 Å². The van der Waals surface area contributed by atoms with Crippen LogP contribution in [0.5, 0.6) is 5.75 Å². The van der Waals surface area contributed by atoms with Gasteiger partial charge in [0.1, 0.15) is 5.75 Å². The predicted molar refractivity (Wildman–Crippen MR) is 85.9 cm³/mol. The fourth-order valence-corrected chi connectivity index (χ4v) is 4.28. The van der Waals surface area contributed by atoms with E-state index in [2.05, 4.69) is 5.32 Å². The van der Waals surface area contributed by atoms with Crippen molar-refractivity contribution < 1.29 is 17.9 Å². The van der Waals surface area contributed by atoms with E-state index in [-0.39, 0.29) is 22.5 Å². The first kappa shape index (κ1) is 16.8. The minimum Gasteiger partial charge on any atom is -0.475 e. The Bertz CT molecular complexity index is 675. The van der Waals surface area contributed by atoms with Gasteiger partial charge in [0, 0.05) is 0 Å². The molecule has 0 atom stereocenters. The summed E-state index contributed by atoms with van der Waals surface area (Å²) in [5.41, 5.74) is -0.446. The van der Waals surface area contributed by atoms with Crippen molar-refractivity contribution in [3.8, 4) is 5.75 Å². The number of carbonyl (C=O) groups excluding carboxylic acids is 1. The summed E-state index contributed by atoms with van der Waals surface area (Å²) < 4.78 is 30.5. The third-order valence-electron chi connectivity index (χ3n) is 3.97. The zero-order valence-electron chi connectivity index (χ0n) is 13.5.